The molecule has 0 N–H and O–H groups in total. The zero-order chi connectivity index (χ0) is 14.3. The Morgan fingerprint density at radius 3 is 2.80 bits per heavy atom. The van der Waals surface area contributed by atoms with Crippen molar-refractivity contribution in [3.8, 4) is 0 Å². The van der Waals surface area contributed by atoms with Gasteiger partial charge in [-0.3, -0.25) is 0 Å². The van der Waals surface area contributed by atoms with Crippen molar-refractivity contribution in [2.75, 3.05) is 0 Å². The number of pyridine rings is 1. The lowest BCUT2D eigenvalue weighted by Gasteiger charge is -2.25. The lowest BCUT2D eigenvalue weighted by Crippen LogP contribution is -2.21. The van der Waals surface area contributed by atoms with E-state index in [1.54, 1.807) is 0 Å². The normalized spacial score (nSPS) is 19.6. The van der Waals surface area contributed by atoms with Crippen molar-refractivity contribution in [3.63, 3.8) is 0 Å². The van der Waals surface area contributed by atoms with Gasteiger partial charge in [-0.25, -0.2) is 9.97 Å². The van der Waals surface area contributed by atoms with Crippen LogP contribution in [-0.4, -0.2) is 14.5 Å². The third kappa shape index (κ3) is 2.60. The largest absolute Gasteiger partial charge is 0.311 e. The van der Waals surface area contributed by atoms with E-state index in [2.05, 4.69) is 37.4 Å². The molecule has 5 heteroatoms. The highest BCUT2D eigenvalue weighted by Gasteiger charge is 2.31. The van der Waals surface area contributed by atoms with Crippen LogP contribution in [0.25, 0.3) is 11.2 Å². The molecular weight excluding hydrogens is 338 g/mol. The summed E-state index contributed by atoms with van der Waals surface area (Å²) >= 11 is 9.78. The van der Waals surface area contributed by atoms with E-state index in [4.69, 9.17) is 11.6 Å². The summed E-state index contributed by atoms with van der Waals surface area (Å²) in [5, 5.41) is -0.104. The molecule has 1 atom stereocenters. The van der Waals surface area contributed by atoms with Crippen LogP contribution in [0.5, 0.6) is 0 Å². The summed E-state index contributed by atoms with van der Waals surface area (Å²) in [6.07, 6.45) is 7.04. The Kier molecular flexibility index (Phi) is 3.80. The average Bonchev–Trinajstić information content (AvgIpc) is 2.94. The first-order chi connectivity index (χ1) is 9.48. The van der Waals surface area contributed by atoms with Gasteiger partial charge < -0.3 is 4.57 Å². The summed E-state index contributed by atoms with van der Waals surface area (Å²) in [7, 11) is 0. The summed E-state index contributed by atoms with van der Waals surface area (Å²) in [5.74, 6) is 0.931. The molecule has 2 aromatic heterocycles. The number of halogens is 2. The predicted octanol–water partition coefficient (Wildman–Crippen LogP) is 5.07. The van der Waals surface area contributed by atoms with E-state index in [9.17, 15) is 0 Å². The van der Waals surface area contributed by atoms with Gasteiger partial charge in [-0.05, 0) is 47.2 Å². The van der Waals surface area contributed by atoms with E-state index in [0.29, 0.717) is 5.41 Å². The molecule has 0 spiro atoms. The number of fused-ring (bicyclic) bond motifs is 1. The molecule has 0 amide bonds. The number of imidazole rings is 1. The highest BCUT2D eigenvalue weighted by molar-refractivity contribution is 9.10. The fourth-order valence-electron chi connectivity index (χ4n) is 3.23. The Balaban J connectivity index is 2.09. The topological polar surface area (TPSA) is 30.7 Å². The molecule has 0 bridgehead atoms. The summed E-state index contributed by atoms with van der Waals surface area (Å²) < 4.78 is 3.18. The van der Waals surface area contributed by atoms with E-state index < -0.39 is 0 Å². The molecule has 1 unspecified atom stereocenters. The van der Waals surface area contributed by atoms with Gasteiger partial charge in [-0.1, -0.05) is 19.8 Å². The number of rotatable bonds is 3. The molecule has 0 radical (unpaired) electrons. The average molecular weight is 357 g/mol. The van der Waals surface area contributed by atoms with Gasteiger partial charge in [0, 0.05) is 17.2 Å². The first kappa shape index (κ1) is 14.3. The monoisotopic (exact) mass is 355 g/mol. The first-order valence-corrected chi connectivity index (χ1v) is 8.37. The van der Waals surface area contributed by atoms with E-state index in [1.165, 1.54) is 25.7 Å². The van der Waals surface area contributed by atoms with Crippen LogP contribution in [0.4, 0.5) is 0 Å². The van der Waals surface area contributed by atoms with Crippen LogP contribution in [0.3, 0.4) is 0 Å². The van der Waals surface area contributed by atoms with Gasteiger partial charge in [0.25, 0.3) is 0 Å². The highest BCUT2D eigenvalue weighted by atomic mass is 79.9. The highest BCUT2D eigenvalue weighted by Crippen LogP contribution is 2.40. The van der Waals surface area contributed by atoms with E-state index in [-0.39, 0.29) is 5.38 Å². The molecule has 1 aliphatic carbocycles. The molecule has 0 aromatic carbocycles. The molecule has 2 heterocycles. The Hall–Kier alpha value is -0.610. The fourth-order valence-corrected chi connectivity index (χ4v) is 3.72. The number of alkyl halides is 1. The fraction of sp³-hybridized carbons (Fsp3) is 0.600. The molecule has 0 saturated heterocycles. The lowest BCUT2D eigenvalue weighted by molar-refractivity contribution is 0.281. The zero-order valence-electron chi connectivity index (χ0n) is 11.9. The van der Waals surface area contributed by atoms with E-state index >= 15 is 0 Å². The maximum absolute atomic E-state index is 6.33. The van der Waals surface area contributed by atoms with Crippen LogP contribution in [0, 0.1) is 5.41 Å². The van der Waals surface area contributed by atoms with Gasteiger partial charge in [-0.15, -0.1) is 11.6 Å². The standard InChI is InChI=1S/C15H19BrClN3/c1-10(17)13-19-12-7-11(16)8-18-14(12)20(13)9-15(2)5-3-4-6-15/h7-8,10H,3-6,9H2,1-2H3. The van der Waals surface area contributed by atoms with E-state index in [0.717, 1.165) is 28.0 Å². The van der Waals surface area contributed by atoms with Crippen LogP contribution in [0.15, 0.2) is 16.7 Å². The Labute approximate surface area is 132 Å². The van der Waals surface area contributed by atoms with Gasteiger partial charge in [0.05, 0.1) is 5.38 Å². The van der Waals surface area contributed by atoms with Crippen molar-refractivity contribution in [1.29, 1.82) is 0 Å². The van der Waals surface area contributed by atoms with Crippen molar-refractivity contribution in [3.05, 3.63) is 22.6 Å². The van der Waals surface area contributed by atoms with E-state index in [1.807, 2.05) is 19.2 Å². The Bertz CT molecular complexity index is 629. The first-order valence-electron chi connectivity index (χ1n) is 7.14. The van der Waals surface area contributed by atoms with Gasteiger partial charge in [0.15, 0.2) is 5.65 Å². The third-order valence-electron chi connectivity index (χ3n) is 4.29. The number of hydrogen-bond acceptors (Lipinski definition) is 2. The summed E-state index contributed by atoms with van der Waals surface area (Å²) in [6, 6.07) is 2.01. The molecule has 20 heavy (non-hydrogen) atoms. The second-order valence-electron chi connectivity index (χ2n) is 6.19. The maximum atomic E-state index is 6.33. The molecule has 1 fully saturated rings. The van der Waals surface area contributed by atoms with Gasteiger partial charge >= 0.3 is 0 Å². The molecule has 3 nitrogen and oxygen atoms in total. The van der Waals surface area contributed by atoms with Crippen molar-refractivity contribution in [2.24, 2.45) is 5.41 Å². The Morgan fingerprint density at radius 1 is 1.45 bits per heavy atom. The molecule has 108 valence electrons. The van der Waals surface area contributed by atoms with Crippen molar-refractivity contribution < 1.29 is 0 Å². The van der Waals surface area contributed by atoms with Gasteiger partial charge in [0.1, 0.15) is 11.3 Å². The van der Waals surface area contributed by atoms with Gasteiger partial charge in [-0.2, -0.15) is 0 Å². The summed E-state index contributed by atoms with van der Waals surface area (Å²) in [5.41, 5.74) is 2.22. The molecule has 0 aliphatic heterocycles. The summed E-state index contributed by atoms with van der Waals surface area (Å²) in [4.78, 5) is 9.24. The Morgan fingerprint density at radius 2 is 2.15 bits per heavy atom. The summed E-state index contributed by atoms with van der Waals surface area (Å²) in [6.45, 7) is 5.31. The lowest BCUT2D eigenvalue weighted by atomic mass is 9.89. The minimum atomic E-state index is -0.104. The minimum Gasteiger partial charge on any atom is -0.311 e. The quantitative estimate of drug-likeness (QED) is 0.718. The van der Waals surface area contributed by atoms with Gasteiger partial charge in [0.2, 0.25) is 0 Å². The SMILES string of the molecule is CC(Cl)c1nc2cc(Br)cnc2n1CC1(C)CCCC1. The maximum Gasteiger partial charge on any atom is 0.160 e. The van der Waals surface area contributed by atoms with Crippen LogP contribution < -0.4 is 0 Å². The second-order valence-corrected chi connectivity index (χ2v) is 7.76. The van der Waals surface area contributed by atoms with Crippen LogP contribution in [0.2, 0.25) is 0 Å². The number of aromatic nitrogens is 3. The third-order valence-corrected chi connectivity index (χ3v) is 4.92. The number of nitrogens with zero attached hydrogens (tertiary/aromatic N) is 3. The molecular formula is C15H19BrClN3. The zero-order valence-corrected chi connectivity index (χ0v) is 14.2. The molecule has 1 saturated carbocycles. The predicted molar refractivity (Wildman–Crippen MR) is 86.1 cm³/mol. The van der Waals surface area contributed by atoms with Crippen molar-refractivity contribution >= 4 is 38.7 Å². The number of hydrogen-bond donors (Lipinski definition) is 0. The van der Waals surface area contributed by atoms with Crippen LogP contribution in [-0.2, 0) is 6.54 Å². The van der Waals surface area contributed by atoms with Crippen molar-refractivity contribution in [2.45, 2.75) is 51.5 Å². The molecule has 2 aromatic rings. The second kappa shape index (κ2) is 5.30. The van der Waals surface area contributed by atoms with Crippen molar-refractivity contribution in [1.82, 2.24) is 14.5 Å². The smallest absolute Gasteiger partial charge is 0.160 e. The van der Waals surface area contributed by atoms with Crippen LogP contribution in [0.1, 0.15) is 50.7 Å². The minimum absolute atomic E-state index is 0.104. The molecule has 1 aliphatic rings. The molecule has 3 rings (SSSR count). The van der Waals surface area contributed by atoms with Crippen LogP contribution >= 0.6 is 27.5 Å².